The topological polar surface area (TPSA) is 108 Å². The molecule has 0 spiro atoms. The molecule has 0 aliphatic heterocycles. The minimum absolute atomic E-state index is 0.208. The average Bonchev–Trinajstić information content (AvgIpc) is 2.56. The highest BCUT2D eigenvalue weighted by molar-refractivity contribution is 5.94. The summed E-state index contributed by atoms with van der Waals surface area (Å²) >= 11 is 0. The molecule has 170 valence electrons. The normalized spacial score (nSPS) is 13.0. The highest BCUT2D eigenvalue weighted by Gasteiger charge is 2.40. The fourth-order valence-corrected chi connectivity index (χ4v) is 2.02. The van der Waals surface area contributed by atoms with Crippen molar-refractivity contribution in [1.82, 2.24) is 4.90 Å². The van der Waals surface area contributed by atoms with Gasteiger partial charge in [-0.1, -0.05) is 6.58 Å². The predicted molar refractivity (Wildman–Crippen MR) is 105 cm³/mol. The van der Waals surface area contributed by atoms with Crippen molar-refractivity contribution in [3.8, 4) is 0 Å². The molecule has 0 aliphatic carbocycles. The molecule has 1 atom stereocenters. The van der Waals surface area contributed by atoms with Crippen LogP contribution in [0.1, 0.15) is 54.4 Å². The van der Waals surface area contributed by atoms with Crippen LogP contribution in [0.25, 0.3) is 0 Å². The van der Waals surface area contributed by atoms with E-state index in [4.69, 9.17) is 9.47 Å². The minimum Gasteiger partial charge on any atom is -0.467 e. The van der Waals surface area contributed by atoms with Crippen LogP contribution >= 0.6 is 0 Å². The molecule has 0 unspecified atom stereocenters. The fourth-order valence-electron chi connectivity index (χ4n) is 2.02. The Bertz CT molecular complexity index is 660. The molecule has 0 aromatic heterocycles. The number of imide groups is 1. The SMILES string of the molecule is C=COC(=O)/C(F)=C\CC[C@H](C(=O)OC)N(C(=O)OC(C)(C)C)C(=O)OC(C)(C)C. The molecular formula is C20H30FNO8. The number of allylic oxidation sites excluding steroid dienone is 1. The molecule has 2 amide bonds. The first-order valence-electron chi connectivity index (χ1n) is 9.13. The lowest BCUT2D eigenvalue weighted by Crippen LogP contribution is -2.52. The smallest absolute Gasteiger partial charge is 0.420 e. The van der Waals surface area contributed by atoms with Crippen molar-refractivity contribution in [3.63, 3.8) is 0 Å². The number of halogens is 1. The fraction of sp³-hybridized carbons (Fsp3) is 0.600. The van der Waals surface area contributed by atoms with Crippen molar-refractivity contribution < 1.29 is 42.5 Å². The summed E-state index contributed by atoms with van der Waals surface area (Å²) in [5.74, 6) is -3.44. The Balaban J connectivity index is 5.83. The van der Waals surface area contributed by atoms with Gasteiger partial charge in [0.1, 0.15) is 17.2 Å². The molecule has 0 saturated heterocycles. The third kappa shape index (κ3) is 10.0. The number of esters is 2. The molecule has 0 aliphatic rings. The number of ether oxygens (including phenoxy) is 4. The first-order valence-corrected chi connectivity index (χ1v) is 9.13. The van der Waals surface area contributed by atoms with Gasteiger partial charge in [0.15, 0.2) is 0 Å². The van der Waals surface area contributed by atoms with E-state index in [1.54, 1.807) is 41.5 Å². The number of hydrogen-bond donors (Lipinski definition) is 0. The van der Waals surface area contributed by atoms with E-state index in [0.717, 1.165) is 19.4 Å². The standard InChI is InChI=1S/C20H30FNO8/c1-9-28-15(23)13(21)11-10-12-14(16(24)27-8)22(17(25)29-19(2,3)4)18(26)30-20(5,6)7/h9,11,14H,1,10,12H2,2-8H3/b13-11+/t14-/m1/s1. The van der Waals surface area contributed by atoms with E-state index in [9.17, 15) is 23.6 Å². The van der Waals surface area contributed by atoms with Gasteiger partial charge in [0, 0.05) is 0 Å². The summed E-state index contributed by atoms with van der Waals surface area (Å²) in [4.78, 5) is 49.4. The van der Waals surface area contributed by atoms with Crippen LogP contribution in [-0.2, 0) is 28.5 Å². The summed E-state index contributed by atoms with van der Waals surface area (Å²) < 4.78 is 33.1. The van der Waals surface area contributed by atoms with Crippen LogP contribution in [0.15, 0.2) is 24.7 Å². The van der Waals surface area contributed by atoms with E-state index in [-0.39, 0.29) is 12.8 Å². The molecule has 9 nitrogen and oxygen atoms in total. The third-order valence-electron chi connectivity index (χ3n) is 3.11. The average molecular weight is 431 g/mol. The second-order valence-electron chi connectivity index (χ2n) is 8.07. The van der Waals surface area contributed by atoms with Gasteiger partial charge in [0.25, 0.3) is 0 Å². The van der Waals surface area contributed by atoms with Gasteiger partial charge < -0.3 is 18.9 Å². The lowest BCUT2D eigenvalue weighted by Gasteiger charge is -2.32. The molecule has 0 heterocycles. The summed E-state index contributed by atoms with van der Waals surface area (Å²) in [6.07, 6.45) is -1.13. The Morgan fingerprint density at radius 2 is 1.47 bits per heavy atom. The summed E-state index contributed by atoms with van der Waals surface area (Å²) in [7, 11) is 1.07. The van der Waals surface area contributed by atoms with Gasteiger partial charge >= 0.3 is 24.1 Å². The first kappa shape index (κ1) is 27.1. The minimum atomic E-state index is -1.49. The number of nitrogens with zero attached hydrogens (tertiary/aromatic N) is 1. The first-order chi connectivity index (χ1) is 13.6. The van der Waals surface area contributed by atoms with Gasteiger partial charge in [-0.05, 0) is 60.5 Å². The zero-order chi connectivity index (χ0) is 23.7. The summed E-state index contributed by atoms with van der Waals surface area (Å²) in [6.45, 7) is 12.6. The number of hydrogen-bond acceptors (Lipinski definition) is 8. The van der Waals surface area contributed by atoms with Crippen molar-refractivity contribution in [2.45, 2.75) is 71.6 Å². The highest BCUT2D eigenvalue weighted by atomic mass is 19.1. The van der Waals surface area contributed by atoms with Crippen molar-refractivity contribution in [2.75, 3.05) is 7.11 Å². The van der Waals surface area contributed by atoms with Crippen molar-refractivity contribution in [2.24, 2.45) is 0 Å². The monoisotopic (exact) mass is 431 g/mol. The number of carbonyl (C=O) groups excluding carboxylic acids is 4. The molecule has 0 bridgehead atoms. The van der Waals surface area contributed by atoms with E-state index >= 15 is 0 Å². The Morgan fingerprint density at radius 3 is 1.83 bits per heavy atom. The summed E-state index contributed by atoms with van der Waals surface area (Å²) in [5, 5.41) is 0. The molecule has 0 fully saturated rings. The zero-order valence-electron chi connectivity index (χ0n) is 18.4. The largest absolute Gasteiger partial charge is 0.467 e. The lowest BCUT2D eigenvalue weighted by molar-refractivity contribution is -0.146. The van der Waals surface area contributed by atoms with Crippen molar-refractivity contribution in [3.05, 3.63) is 24.7 Å². The Labute approximate surface area is 175 Å². The van der Waals surface area contributed by atoms with Gasteiger partial charge in [0.05, 0.1) is 13.4 Å². The zero-order valence-corrected chi connectivity index (χ0v) is 18.4. The third-order valence-corrected chi connectivity index (χ3v) is 3.11. The van der Waals surface area contributed by atoms with Crippen LogP contribution < -0.4 is 0 Å². The van der Waals surface area contributed by atoms with Crippen LogP contribution in [0.4, 0.5) is 14.0 Å². The highest BCUT2D eigenvalue weighted by Crippen LogP contribution is 2.20. The second kappa shape index (κ2) is 11.3. The Kier molecular flexibility index (Phi) is 10.2. The van der Waals surface area contributed by atoms with Crippen LogP contribution in [0.2, 0.25) is 0 Å². The van der Waals surface area contributed by atoms with Crippen molar-refractivity contribution >= 4 is 24.1 Å². The molecular weight excluding hydrogens is 401 g/mol. The molecule has 0 aromatic carbocycles. The van der Waals surface area contributed by atoms with E-state index in [1.165, 1.54) is 0 Å². The van der Waals surface area contributed by atoms with Gasteiger partial charge in [0.2, 0.25) is 5.83 Å². The Morgan fingerprint density at radius 1 is 1.00 bits per heavy atom. The molecule has 0 rings (SSSR count). The maximum absolute atomic E-state index is 13.7. The van der Waals surface area contributed by atoms with Gasteiger partial charge in [-0.15, -0.1) is 0 Å². The van der Waals surface area contributed by atoms with E-state index in [0.29, 0.717) is 4.90 Å². The molecule has 0 saturated carbocycles. The summed E-state index contributed by atoms with van der Waals surface area (Å²) in [6, 6.07) is -1.49. The summed E-state index contributed by atoms with van der Waals surface area (Å²) in [5.41, 5.74) is -1.95. The number of amides is 2. The number of methoxy groups -OCH3 is 1. The van der Waals surface area contributed by atoms with Crippen LogP contribution in [0.5, 0.6) is 0 Å². The van der Waals surface area contributed by atoms with Crippen LogP contribution in [0, 0.1) is 0 Å². The molecule has 30 heavy (non-hydrogen) atoms. The number of carbonyl (C=O) groups is 4. The Hall–Kier alpha value is -2.91. The maximum atomic E-state index is 13.7. The van der Waals surface area contributed by atoms with E-state index in [2.05, 4.69) is 16.1 Å². The van der Waals surface area contributed by atoms with Gasteiger partial charge in [-0.3, -0.25) is 0 Å². The molecule has 10 heteroatoms. The van der Waals surface area contributed by atoms with E-state index < -0.39 is 47.2 Å². The quantitative estimate of drug-likeness (QED) is 0.257. The molecule has 0 aromatic rings. The predicted octanol–water partition coefficient (Wildman–Crippen LogP) is 4.02. The van der Waals surface area contributed by atoms with Gasteiger partial charge in [-0.2, -0.15) is 9.29 Å². The lowest BCUT2D eigenvalue weighted by atomic mass is 10.1. The number of rotatable bonds is 7. The van der Waals surface area contributed by atoms with Crippen molar-refractivity contribution in [1.29, 1.82) is 0 Å². The van der Waals surface area contributed by atoms with E-state index in [1.807, 2.05) is 0 Å². The van der Waals surface area contributed by atoms with Crippen LogP contribution in [0.3, 0.4) is 0 Å². The second-order valence-corrected chi connectivity index (χ2v) is 8.07. The van der Waals surface area contributed by atoms with Crippen LogP contribution in [-0.4, -0.2) is 53.4 Å². The van der Waals surface area contributed by atoms with Gasteiger partial charge in [-0.25, -0.2) is 19.2 Å². The maximum Gasteiger partial charge on any atom is 0.420 e. The molecule has 0 N–H and O–H groups in total. The molecule has 0 radical (unpaired) electrons.